The lowest BCUT2D eigenvalue weighted by Gasteiger charge is -2.13. The van der Waals surface area contributed by atoms with E-state index in [4.69, 9.17) is 5.26 Å². The van der Waals surface area contributed by atoms with Crippen LogP contribution in [-0.4, -0.2) is 5.91 Å². The van der Waals surface area contributed by atoms with Crippen molar-refractivity contribution in [3.05, 3.63) is 29.1 Å². The molecule has 3 nitrogen and oxygen atoms in total. The van der Waals surface area contributed by atoms with Crippen molar-refractivity contribution in [1.82, 2.24) is 0 Å². The van der Waals surface area contributed by atoms with Crippen molar-refractivity contribution >= 4 is 11.6 Å². The van der Waals surface area contributed by atoms with Gasteiger partial charge in [-0.15, -0.1) is 0 Å². The van der Waals surface area contributed by atoms with Crippen LogP contribution in [-0.2, 0) is 4.79 Å². The Labute approximate surface area is 100 Å². The van der Waals surface area contributed by atoms with Gasteiger partial charge < -0.3 is 5.32 Å². The van der Waals surface area contributed by atoms with Crippen molar-refractivity contribution in [2.24, 2.45) is 0 Å². The molecular formula is C13H15FN2O. The topological polar surface area (TPSA) is 52.9 Å². The van der Waals surface area contributed by atoms with Crippen molar-refractivity contribution < 1.29 is 9.18 Å². The van der Waals surface area contributed by atoms with Gasteiger partial charge in [0.2, 0.25) is 5.91 Å². The highest BCUT2D eigenvalue weighted by Gasteiger charge is 2.12. The minimum absolute atomic E-state index is 0.0962. The predicted molar refractivity (Wildman–Crippen MR) is 64.1 cm³/mol. The average molecular weight is 234 g/mol. The largest absolute Gasteiger partial charge is 0.325 e. The summed E-state index contributed by atoms with van der Waals surface area (Å²) in [5, 5.41) is 10.8. The Morgan fingerprint density at radius 1 is 1.53 bits per heavy atom. The molecule has 0 aromatic heterocycles. The van der Waals surface area contributed by atoms with Crippen molar-refractivity contribution in [1.29, 1.82) is 5.26 Å². The van der Waals surface area contributed by atoms with Crippen LogP contribution in [0.15, 0.2) is 12.1 Å². The molecule has 1 amide bonds. The van der Waals surface area contributed by atoms with Gasteiger partial charge in [0.05, 0.1) is 6.07 Å². The number of benzene rings is 1. The Morgan fingerprint density at radius 3 is 2.65 bits per heavy atom. The molecule has 90 valence electrons. The van der Waals surface area contributed by atoms with Crippen LogP contribution in [0.1, 0.15) is 37.3 Å². The predicted octanol–water partition coefficient (Wildman–Crippen LogP) is 3.11. The Balaban J connectivity index is 2.99. The van der Waals surface area contributed by atoms with Crippen molar-refractivity contribution in [3.63, 3.8) is 0 Å². The molecule has 0 atom stereocenters. The number of aryl methyl sites for hydroxylation is 1. The molecule has 1 aromatic carbocycles. The number of carbonyl (C=O) groups is 1. The third-order valence-corrected chi connectivity index (χ3v) is 2.44. The molecule has 1 N–H and O–H groups in total. The van der Waals surface area contributed by atoms with E-state index in [9.17, 15) is 9.18 Å². The molecule has 0 saturated carbocycles. The molecule has 17 heavy (non-hydrogen) atoms. The van der Waals surface area contributed by atoms with E-state index in [1.807, 2.05) is 13.8 Å². The summed E-state index contributed by atoms with van der Waals surface area (Å²) in [4.78, 5) is 11.2. The van der Waals surface area contributed by atoms with E-state index in [0.29, 0.717) is 11.3 Å². The fourth-order valence-corrected chi connectivity index (χ4v) is 1.84. The maximum Gasteiger partial charge on any atom is 0.238 e. The molecule has 0 fully saturated rings. The molecule has 1 rings (SSSR count). The summed E-state index contributed by atoms with van der Waals surface area (Å²) in [5.74, 6) is -0.658. The summed E-state index contributed by atoms with van der Waals surface area (Å²) >= 11 is 0. The number of nitriles is 1. The van der Waals surface area contributed by atoms with Crippen molar-refractivity contribution in [3.8, 4) is 6.07 Å². The van der Waals surface area contributed by atoms with Gasteiger partial charge in [-0.05, 0) is 36.1 Å². The molecule has 0 unspecified atom stereocenters. The van der Waals surface area contributed by atoms with Crippen LogP contribution in [0.25, 0.3) is 0 Å². The van der Waals surface area contributed by atoms with E-state index in [0.717, 1.165) is 5.56 Å². The van der Waals surface area contributed by atoms with Crippen LogP contribution in [0, 0.1) is 24.1 Å². The fraction of sp³-hybridized carbons (Fsp3) is 0.385. The summed E-state index contributed by atoms with van der Waals surface area (Å²) in [6.07, 6.45) is -0.230. The molecule has 1 aromatic rings. The first-order valence-electron chi connectivity index (χ1n) is 5.42. The minimum atomic E-state index is -0.427. The Hall–Kier alpha value is -1.89. The normalized spacial score (nSPS) is 10.1. The number of amides is 1. The lowest BCUT2D eigenvalue weighted by atomic mass is 9.97. The lowest BCUT2D eigenvalue weighted by molar-refractivity contribution is -0.115. The van der Waals surface area contributed by atoms with E-state index in [1.165, 1.54) is 6.07 Å². The highest BCUT2D eigenvalue weighted by molar-refractivity contribution is 5.92. The van der Waals surface area contributed by atoms with Crippen LogP contribution in [0.3, 0.4) is 0 Å². The fourth-order valence-electron chi connectivity index (χ4n) is 1.84. The zero-order valence-electron chi connectivity index (χ0n) is 10.2. The number of rotatable bonds is 3. The summed E-state index contributed by atoms with van der Waals surface area (Å²) in [6.45, 7) is 5.64. The molecule has 0 saturated heterocycles. The van der Waals surface area contributed by atoms with Gasteiger partial charge in [-0.2, -0.15) is 5.26 Å². The second-order valence-electron chi connectivity index (χ2n) is 4.23. The first-order chi connectivity index (χ1) is 7.95. The van der Waals surface area contributed by atoms with E-state index >= 15 is 0 Å². The number of anilines is 1. The molecule has 0 aliphatic heterocycles. The van der Waals surface area contributed by atoms with E-state index in [-0.39, 0.29) is 18.2 Å². The number of carbonyl (C=O) groups excluding carboxylic acids is 1. The quantitative estimate of drug-likeness (QED) is 0.873. The second kappa shape index (κ2) is 5.44. The number of nitrogens with one attached hydrogen (secondary N) is 1. The van der Waals surface area contributed by atoms with Crippen LogP contribution < -0.4 is 5.32 Å². The zero-order valence-corrected chi connectivity index (χ0v) is 10.2. The van der Waals surface area contributed by atoms with E-state index < -0.39 is 5.91 Å². The number of hydrogen-bond donors (Lipinski definition) is 1. The van der Waals surface area contributed by atoms with Crippen molar-refractivity contribution in [2.45, 2.75) is 33.1 Å². The molecule has 0 radical (unpaired) electrons. The van der Waals surface area contributed by atoms with Gasteiger partial charge >= 0.3 is 0 Å². The Morgan fingerprint density at radius 2 is 2.18 bits per heavy atom. The number of hydrogen-bond acceptors (Lipinski definition) is 2. The summed E-state index contributed by atoms with van der Waals surface area (Å²) in [5.41, 5.74) is 1.85. The van der Waals surface area contributed by atoms with Crippen LogP contribution in [0.2, 0.25) is 0 Å². The highest BCUT2D eigenvalue weighted by Crippen LogP contribution is 2.26. The summed E-state index contributed by atoms with van der Waals surface area (Å²) in [6, 6.07) is 4.75. The van der Waals surface area contributed by atoms with Gasteiger partial charge in [-0.1, -0.05) is 13.8 Å². The number of nitrogens with zero attached hydrogens (tertiary/aromatic N) is 1. The first kappa shape index (κ1) is 13.2. The maximum absolute atomic E-state index is 13.8. The minimum Gasteiger partial charge on any atom is -0.325 e. The third kappa shape index (κ3) is 3.28. The summed E-state index contributed by atoms with van der Waals surface area (Å²) < 4.78 is 13.8. The Bertz CT molecular complexity index is 452. The average Bonchev–Trinajstić information content (AvgIpc) is 2.15. The SMILES string of the molecule is Cc1cc(NC(=O)CC#N)cc(F)c1C(C)C. The number of halogens is 1. The zero-order chi connectivity index (χ0) is 13.0. The standard InChI is InChI=1S/C13H15FN2O/c1-8(2)13-9(3)6-10(7-11(13)14)16-12(17)4-5-15/h6-8H,4H2,1-3H3,(H,16,17). The molecular weight excluding hydrogens is 219 g/mol. The molecule has 4 heteroatoms. The van der Waals surface area contributed by atoms with Gasteiger partial charge in [-0.3, -0.25) is 4.79 Å². The second-order valence-corrected chi connectivity index (χ2v) is 4.23. The molecule has 0 heterocycles. The van der Waals surface area contributed by atoms with Crippen molar-refractivity contribution in [2.75, 3.05) is 5.32 Å². The van der Waals surface area contributed by atoms with Crippen LogP contribution in [0.5, 0.6) is 0 Å². The smallest absolute Gasteiger partial charge is 0.238 e. The monoisotopic (exact) mass is 234 g/mol. The summed E-state index contributed by atoms with van der Waals surface area (Å²) in [7, 11) is 0. The molecule has 0 spiro atoms. The van der Waals surface area contributed by atoms with Gasteiger partial charge in [0, 0.05) is 5.69 Å². The Kier molecular flexibility index (Phi) is 4.22. The first-order valence-corrected chi connectivity index (χ1v) is 5.42. The highest BCUT2D eigenvalue weighted by atomic mass is 19.1. The van der Waals surface area contributed by atoms with E-state index in [1.54, 1.807) is 19.1 Å². The maximum atomic E-state index is 13.8. The lowest BCUT2D eigenvalue weighted by Crippen LogP contribution is -2.11. The molecule has 0 aliphatic carbocycles. The molecule has 0 bridgehead atoms. The molecule has 0 aliphatic rings. The van der Waals surface area contributed by atoms with Gasteiger partial charge in [0.15, 0.2) is 0 Å². The van der Waals surface area contributed by atoms with Gasteiger partial charge in [0.1, 0.15) is 12.2 Å². The third-order valence-electron chi connectivity index (χ3n) is 2.44. The van der Waals surface area contributed by atoms with E-state index in [2.05, 4.69) is 5.32 Å². The van der Waals surface area contributed by atoms with Gasteiger partial charge in [0.25, 0.3) is 0 Å². The van der Waals surface area contributed by atoms with Crippen LogP contribution >= 0.6 is 0 Å². The van der Waals surface area contributed by atoms with Gasteiger partial charge in [-0.25, -0.2) is 4.39 Å². The van der Waals surface area contributed by atoms with Crippen LogP contribution in [0.4, 0.5) is 10.1 Å².